The Labute approximate surface area is 50.0 Å². The molecule has 0 N–H and O–H groups in total. The van der Waals surface area contributed by atoms with Crippen molar-refractivity contribution in [2.75, 3.05) is 0 Å². The molecule has 2 aliphatic rings. The molecule has 0 amide bonds. The predicted octanol–water partition coefficient (Wildman–Crippen LogP) is 1.57. The average molecular weight is 112 g/mol. The van der Waals surface area contributed by atoms with Crippen LogP contribution in [0.5, 0.6) is 0 Å². The predicted molar refractivity (Wildman–Crippen MR) is 31.7 cm³/mol. The number of epoxide rings is 1. The molecule has 3 atom stereocenters. The highest BCUT2D eigenvalue weighted by Gasteiger charge is 2.42. The zero-order chi connectivity index (χ0) is 5.56. The smallest absolute Gasteiger partial charge is 0.0844 e. The molecular formula is C7H12O. The topological polar surface area (TPSA) is 12.5 Å². The first-order chi connectivity index (χ1) is 3.86. The van der Waals surface area contributed by atoms with Crippen LogP contribution in [-0.2, 0) is 4.74 Å². The molecule has 8 heavy (non-hydrogen) atoms. The highest BCUT2D eigenvalue weighted by molar-refractivity contribution is 4.90. The van der Waals surface area contributed by atoms with Crippen molar-refractivity contribution in [3.05, 3.63) is 0 Å². The molecule has 1 nitrogen and oxygen atoms in total. The number of ether oxygens (including phenoxy) is 1. The molecule has 0 spiro atoms. The second kappa shape index (κ2) is 1.47. The summed E-state index contributed by atoms with van der Waals surface area (Å²) in [4.78, 5) is 0. The van der Waals surface area contributed by atoms with Crippen LogP contribution in [-0.4, -0.2) is 12.2 Å². The molecule has 0 aromatic carbocycles. The third kappa shape index (κ3) is 0.655. The lowest BCUT2D eigenvalue weighted by atomic mass is 9.91. The van der Waals surface area contributed by atoms with E-state index in [1.807, 2.05) is 0 Å². The van der Waals surface area contributed by atoms with Crippen molar-refractivity contribution in [1.29, 1.82) is 0 Å². The Morgan fingerprint density at radius 1 is 1.25 bits per heavy atom. The van der Waals surface area contributed by atoms with Crippen LogP contribution >= 0.6 is 0 Å². The minimum Gasteiger partial charge on any atom is -0.370 e. The molecule has 2 rings (SSSR count). The highest BCUT2D eigenvalue weighted by Crippen LogP contribution is 2.38. The van der Waals surface area contributed by atoms with E-state index in [-0.39, 0.29) is 0 Å². The van der Waals surface area contributed by atoms with Crippen LogP contribution in [0.15, 0.2) is 0 Å². The van der Waals surface area contributed by atoms with E-state index in [4.69, 9.17) is 4.74 Å². The number of fused-ring (bicyclic) bond motifs is 1. The SMILES string of the molecule is C[C@H]1CC[C@H]2OC2C1. The summed E-state index contributed by atoms with van der Waals surface area (Å²) in [6.45, 7) is 2.32. The Hall–Kier alpha value is -0.0400. The van der Waals surface area contributed by atoms with Crippen molar-refractivity contribution in [3.8, 4) is 0 Å². The van der Waals surface area contributed by atoms with Crippen molar-refractivity contribution in [3.63, 3.8) is 0 Å². The number of hydrogen-bond donors (Lipinski definition) is 0. The fourth-order valence-electron chi connectivity index (χ4n) is 1.60. The van der Waals surface area contributed by atoms with Gasteiger partial charge in [-0.25, -0.2) is 0 Å². The van der Waals surface area contributed by atoms with E-state index in [9.17, 15) is 0 Å². The molecule has 1 unspecified atom stereocenters. The summed E-state index contributed by atoms with van der Waals surface area (Å²) in [5.74, 6) is 0.929. The molecule has 0 bridgehead atoms. The summed E-state index contributed by atoms with van der Waals surface area (Å²) < 4.78 is 5.35. The van der Waals surface area contributed by atoms with E-state index in [2.05, 4.69) is 6.92 Å². The van der Waals surface area contributed by atoms with Gasteiger partial charge in [-0.3, -0.25) is 0 Å². The lowest BCUT2D eigenvalue weighted by Crippen LogP contribution is -2.09. The molecule has 1 heterocycles. The van der Waals surface area contributed by atoms with E-state index < -0.39 is 0 Å². The Kier molecular flexibility index (Phi) is 0.884. The van der Waals surface area contributed by atoms with E-state index in [1.165, 1.54) is 19.3 Å². The Balaban J connectivity index is 1.93. The van der Waals surface area contributed by atoms with Gasteiger partial charge in [0.15, 0.2) is 0 Å². The van der Waals surface area contributed by atoms with Gasteiger partial charge in [-0.2, -0.15) is 0 Å². The largest absolute Gasteiger partial charge is 0.370 e. The first-order valence-electron chi connectivity index (χ1n) is 3.52. The zero-order valence-corrected chi connectivity index (χ0v) is 5.26. The lowest BCUT2D eigenvalue weighted by Gasteiger charge is -2.11. The summed E-state index contributed by atoms with van der Waals surface area (Å²) in [5, 5.41) is 0. The summed E-state index contributed by atoms with van der Waals surface area (Å²) >= 11 is 0. The molecule has 0 aromatic rings. The second-order valence-electron chi connectivity index (χ2n) is 3.13. The van der Waals surface area contributed by atoms with Gasteiger partial charge in [0.1, 0.15) is 0 Å². The van der Waals surface area contributed by atoms with Gasteiger partial charge in [0, 0.05) is 0 Å². The van der Waals surface area contributed by atoms with Gasteiger partial charge in [0.2, 0.25) is 0 Å². The molecular weight excluding hydrogens is 100 g/mol. The molecule has 1 heteroatoms. The third-order valence-electron chi connectivity index (χ3n) is 2.27. The lowest BCUT2D eigenvalue weighted by molar-refractivity contribution is 0.367. The van der Waals surface area contributed by atoms with Gasteiger partial charge in [0.05, 0.1) is 12.2 Å². The van der Waals surface area contributed by atoms with E-state index in [0.717, 1.165) is 5.92 Å². The van der Waals surface area contributed by atoms with Crippen molar-refractivity contribution < 1.29 is 4.74 Å². The summed E-state index contributed by atoms with van der Waals surface area (Å²) in [6.07, 6.45) is 5.41. The average Bonchev–Trinajstić information content (AvgIpc) is 2.43. The van der Waals surface area contributed by atoms with E-state index >= 15 is 0 Å². The molecule has 46 valence electrons. The Bertz CT molecular complexity index is 101. The van der Waals surface area contributed by atoms with Crippen LogP contribution in [0.3, 0.4) is 0 Å². The first-order valence-corrected chi connectivity index (χ1v) is 3.52. The van der Waals surface area contributed by atoms with Gasteiger partial charge >= 0.3 is 0 Å². The van der Waals surface area contributed by atoms with Gasteiger partial charge in [0.25, 0.3) is 0 Å². The highest BCUT2D eigenvalue weighted by atomic mass is 16.6. The maximum Gasteiger partial charge on any atom is 0.0844 e. The normalized spacial score (nSPS) is 52.9. The van der Waals surface area contributed by atoms with Crippen molar-refractivity contribution in [2.45, 2.75) is 38.4 Å². The van der Waals surface area contributed by atoms with Gasteiger partial charge < -0.3 is 4.74 Å². The fourth-order valence-corrected chi connectivity index (χ4v) is 1.60. The van der Waals surface area contributed by atoms with Gasteiger partial charge in [-0.15, -0.1) is 0 Å². The van der Waals surface area contributed by atoms with Gasteiger partial charge in [-0.05, 0) is 25.2 Å². The Morgan fingerprint density at radius 3 is 2.75 bits per heavy atom. The van der Waals surface area contributed by atoms with Crippen molar-refractivity contribution in [1.82, 2.24) is 0 Å². The molecule has 1 saturated carbocycles. The molecule has 2 fully saturated rings. The zero-order valence-electron chi connectivity index (χ0n) is 5.26. The monoisotopic (exact) mass is 112 g/mol. The minimum atomic E-state index is 0.679. The quantitative estimate of drug-likeness (QED) is 0.433. The van der Waals surface area contributed by atoms with Crippen LogP contribution < -0.4 is 0 Å². The third-order valence-corrected chi connectivity index (χ3v) is 2.27. The van der Waals surface area contributed by atoms with Crippen LogP contribution in [0.1, 0.15) is 26.2 Å². The Morgan fingerprint density at radius 2 is 2.12 bits per heavy atom. The molecule has 0 aromatic heterocycles. The van der Waals surface area contributed by atoms with Gasteiger partial charge in [-0.1, -0.05) is 6.92 Å². The summed E-state index contributed by atoms with van der Waals surface area (Å²) in [5.41, 5.74) is 0. The van der Waals surface area contributed by atoms with E-state index in [1.54, 1.807) is 0 Å². The first kappa shape index (κ1) is 4.80. The summed E-state index contributed by atoms with van der Waals surface area (Å²) in [7, 11) is 0. The standard InChI is InChI=1S/C7H12O/c1-5-2-3-6-7(4-5)8-6/h5-7H,2-4H2,1H3/t5-,6+,7?/m0/s1. The summed E-state index contributed by atoms with van der Waals surface area (Å²) in [6, 6.07) is 0. The number of hydrogen-bond acceptors (Lipinski definition) is 1. The minimum absolute atomic E-state index is 0.679. The molecule has 0 radical (unpaired) electrons. The molecule has 1 saturated heterocycles. The van der Waals surface area contributed by atoms with Crippen LogP contribution in [0.25, 0.3) is 0 Å². The molecule has 1 aliphatic carbocycles. The van der Waals surface area contributed by atoms with Crippen LogP contribution in [0.2, 0.25) is 0 Å². The van der Waals surface area contributed by atoms with Crippen LogP contribution in [0.4, 0.5) is 0 Å². The van der Waals surface area contributed by atoms with E-state index in [0.29, 0.717) is 12.2 Å². The molecule has 1 aliphatic heterocycles. The fraction of sp³-hybridized carbons (Fsp3) is 1.00. The van der Waals surface area contributed by atoms with Crippen molar-refractivity contribution >= 4 is 0 Å². The van der Waals surface area contributed by atoms with Crippen LogP contribution in [0, 0.1) is 5.92 Å². The maximum absolute atomic E-state index is 5.35. The number of rotatable bonds is 0. The second-order valence-corrected chi connectivity index (χ2v) is 3.13. The maximum atomic E-state index is 5.35. The van der Waals surface area contributed by atoms with Crippen molar-refractivity contribution in [2.24, 2.45) is 5.92 Å².